The van der Waals surface area contributed by atoms with Crippen molar-refractivity contribution < 1.29 is 9.47 Å². The van der Waals surface area contributed by atoms with E-state index >= 15 is 0 Å². The number of benzene rings is 1. The van der Waals surface area contributed by atoms with Crippen LogP contribution in [0.15, 0.2) is 30.7 Å². The summed E-state index contributed by atoms with van der Waals surface area (Å²) in [7, 11) is 0. The summed E-state index contributed by atoms with van der Waals surface area (Å²) in [6.45, 7) is 3.11. The minimum absolute atomic E-state index is 0.0245. The van der Waals surface area contributed by atoms with Crippen molar-refractivity contribution in [3.05, 3.63) is 42.0 Å². The van der Waals surface area contributed by atoms with Crippen LogP contribution in [0, 0.1) is 0 Å². The molecule has 0 radical (unpaired) electrons. The van der Waals surface area contributed by atoms with E-state index in [0.717, 1.165) is 35.7 Å². The number of fused-ring (bicyclic) bond motifs is 1. The van der Waals surface area contributed by atoms with Crippen molar-refractivity contribution in [3.8, 4) is 11.5 Å². The topological polar surface area (TPSA) is 62.3 Å². The van der Waals surface area contributed by atoms with Crippen LogP contribution in [0.2, 0.25) is 0 Å². The van der Waals surface area contributed by atoms with Crippen LogP contribution >= 0.6 is 0 Å². The van der Waals surface area contributed by atoms with Gasteiger partial charge >= 0.3 is 0 Å². The molecule has 0 saturated heterocycles. The van der Waals surface area contributed by atoms with Gasteiger partial charge in [-0.3, -0.25) is 0 Å². The summed E-state index contributed by atoms with van der Waals surface area (Å²) < 4.78 is 12.8. The normalized spacial score (nSPS) is 14.6. The van der Waals surface area contributed by atoms with Gasteiger partial charge < -0.3 is 19.8 Å². The molecule has 0 fully saturated rings. The van der Waals surface area contributed by atoms with Crippen LogP contribution in [0.1, 0.15) is 30.6 Å². The molecule has 100 valence electrons. The average Bonchev–Trinajstić information content (AvgIpc) is 3.06. The highest BCUT2D eigenvalue weighted by Crippen LogP contribution is 2.32. The van der Waals surface area contributed by atoms with Crippen molar-refractivity contribution in [2.45, 2.75) is 25.9 Å². The van der Waals surface area contributed by atoms with Gasteiger partial charge in [0.05, 0.1) is 12.0 Å². The van der Waals surface area contributed by atoms with E-state index < -0.39 is 0 Å². The lowest BCUT2D eigenvalue weighted by molar-refractivity contribution is 0.174. The van der Waals surface area contributed by atoms with E-state index in [1.165, 1.54) is 0 Å². The first kappa shape index (κ1) is 12.0. The average molecular weight is 259 g/mol. The van der Waals surface area contributed by atoms with Gasteiger partial charge in [-0.25, -0.2) is 4.98 Å². The van der Waals surface area contributed by atoms with Gasteiger partial charge in [0.1, 0.15) is 0 Å². The Bertz CT molecular complexity index is 580. The van der Waals surface area contributed by atoms with Crippen LogP contribution in [-0.2, 0) is 6.54 Å². The van der Waals surface area contributed by atoms with E-state index in [1.807, 2.05) is 30.7 Å². The lowest BCUT2D eigenvalue weighted by atomic mass is 10.1. The Balaban J connectivity index is 1.84. The minimum atomic E-state index is 0.0245. The predicted molar refractivity (Wildman–Crippen MR) is 71.1 cm³/mol. The number of ether oxygens (including phenoxy) is 2. The molecule has 3 rings (SSSR count). The Morgan fingerprint density at radius 1 is 1.37 bits per heavy atom. The standard InChI is InChI=1S/C14H17N3O2/c1-2-11(15)12-6-16-8-17(12)7-10-3-4-13-14(5-10)19-9-18-13/h3-6,8,11H,2,7,9,15H2,1H3/t11-/m1/s1. The molecule has 1 aromatic heterocycles. The van der Waals surface area contributed by atoms with Crippen LogP contribution in [0.4, 0.5) is 0 Å². The number of rotatable bonds is 4. The van der Waals surface area contributed by atoms with Crippen LogP contribution in [0.3, 0.4) is 0 Å². The zero-order valence-electron chi connectivity index (χ0n) is 10.9. The van der Waals surface area contributed by atoms with Crippen molar-refractivity contribution >= 4 is 0 Å². The molecule has 0 amide bonds. The zero-order valence-corrected chi connectivity index (χ0v) is 10.9. The number of hydrogen-bond donors (Lipinski definition) is 1. The molecule has 19 heavy (non-hydrogen) atoms. The van der Waals surface area contributed by atoms with Gasteiger partial charge in [-0.05, 0) is 24.1 Å². The number of nitrogens with zero attached hydrogens (tertiary/aromatic N) is 2. The van der Waals surface area contributed by atoms with E-state index in [4.69, 9.17) is 15.2 Å². The van der Waals surface area contributed by atoms with E-state index in [-0.39, 0.29) is 6.04 Å². The molecule has 1 atom stereocenters. The van der Waals surface area contributed by atoms with Gasteiger partial charge in [0, 0.05) is 18.8 Å². The highest BCUT2D eigenvalue weighted by molar-refractivity contribution is 5.44. The fourth-order valence-corrected chi connectivity index (χ4v) is 2.22. The Morgan fingerprint density at radius 3 is 3.05 bits per heavy atom. The maximum Gasteiger partial charge on any atom is 0.231 e. The molecule has 2 aromatic rings. The summed E-state index contributed by atoms with van der Waals surface area (Å²) in [5, 5.41) is 0. The summed E-state index contributed by atoms with van der Waals surface area (Å²) in [5.74, 6) is 1.61. The van der Waals surface area contributed by atoms with Crippen LogP contribution in [0.25, 0.3) is 0 Å². The molecule has 0 spiro atoms. The fraction of sp³-hybridized carbons (Fsp3) is 0.357. The third-order valence-electron chi connectivity index (χ3n) is 3.35. The SMILES string of the molecule is CC[C@@H](N)c1cncn1Cc1ccc2c(c1)OCO2. The summed E-state index contributed by atoms with van der Waals surface area (Å²) in [4.78, 5) is 4.19. The summed E-state index contributed by atoms with van der Waals surface area (Å²) in [5.41, 5.74) is 8.28. The maximum atomic E-state index is 6.08. The molecule has 1 aliphatic rings. The highest BCUT2D eigenvalue weighted by atomic mass is 16.7. The first-order chi connectivity index (χ1) is 9.28. The molecule has 2 N–H and O–H groups in total. The predicted octanol–water partition coefficient (Wildman–Crippen LogP) is 2.07. The largest absolute Gasteiger partial charge is 0.454 e. The molecule has 0 saturated carbocycles. The van der Waals surface area contributed by atoms with Gasteiger partial charge in [-0.1, -0.05) is 13.0 Å². The van der Waals surface area contributed by atoms with Gasteiger partial charge in [0.25, 0.3) is 0 Å². The second kappa shape index (κ2) is 4.93. The molecule has 0 aliphatic carbocycles. The zero-order chi connectivity index (χ0) is 13.2. The molecule has 1 aliphatic heterocycles. The molecule has 2 heterocycles. The number of nitrogens with two attached hydrogens (primary N) is 1. The molecule has 0 unspecified atom stereocenters. The minimum Gasteiger partial charge on any atom is -0.454 e. The van der Waals surface area contributed by atoms with Crippen molar-refractivity contribution in [1.29, 1.82) is 0 Å². The van der Waals surface area contributed by atoms with Crippen molar-refractivity contribution in [1.82, 2.24) is 9.55 Å². The molecular formula is C14H17N3O2. The third kappa shape index (κ3) is 2.29. The molecule has 0 bridgehead atoms. The van der Waals surface area contributed by atoms with Crippen LogP contribution in [-0.4, -0.2) is 16.3 Å². The van der Waals surface area contributed by atoms with Crippen molar-refractivity contribution in [2.75, 3.05) is 6.79 Å². The number of hydrogen-bond acceptors (Lipinski definition) is 4. The Kier molecular flexibility index (Phi) is 3.13. The Labute approximate surface area is 112 Å². The first-order valence-electron chi connectivity index (χ1n) is 6.42. The fourth-order valence-electron chi connectivity index (χ4n) is 2.22. The highest BCUT2D eigenvalue weighted by Gasteiger charge is 2.14. The van der Waals surface area contributed by atoms with E-state index in [2.05, 4.69) is 16.5 Å². The van der Waals surface area contributed by atoms with Gasteiger partial charge in [-0.2, -0.15) is 0 Å². The summed E-state index contributed by atoms with van der Waals surface area (Å²) in [6, 6.07) is 6.00. The van der Waals surface area contributed by atoms with Crippen LogP contribution < -0.4 is 15.2 Å². The molecule has 5 nitrogen and oxygen atoms in total. The quantitative estimate of drug-likeness (QED) is 0.913. The van der Waals surface area contributed by atoms with Gasteiger partial charge in [0.2, 0.25) is 6.79 Å². The van der Waals surface area contributed by atoms with Gasteiger partial charge in [-0.15, -0.1) is 0 Å². The van der Waals surface area contributed by atoms with Gasteiger partial charge in [0.15, 0.2) is 11.5 Å². The smallest absolute Gasteiger partial charge is 0.231 e. The van der Waals surface area contributed by atoms with Crippen molar-refractivity contribution in [3.63, 3.8) is 0 Å². The van der Waals surface area contributed by atoms with Crippen molar-refractivity contribution in [2.24, 2.45) is 5.73 Å². The summed E-state index contributed by atoms with van der Waals surface area (Å²) >= 11 is 0. The number of aromatic nitrogens is 2. The van der Waals surface area contributed by atoms with E-state index in [9.17, 15) is 0 Å². The first-order valence-corrected chi connectivity index (χ1v) is 6.42. The molecule has 5 heteroatoms. The van der Waals surface area contributed by atoms with E-state index in [1.54, 1.807) is 0 Å². The lowest BCUT2D eigenvalue weighted by Crippen LogP contribution is -2.14. The lowest BCUT2D eigenvalue weighted by Gasteiger charge is -2.13. The monoisotopic (exact) mass is 259 g/mol. The summed E-state index contributed by atoms with van der Waals surface area (Å²) in [6.07, 6.45) is 4.55. The van der Waals surface area contributed by atoms with Crippen LogP contribution in [0.5, 0.6) is 11.5 Å². The Morgan fingerprint density at radius 2 is 2.21 bits per heavy atom. The second-order valence-corrected chi connectivity index (χ2v) is 4.65. The second-order valence-electron chi connectivity index (χ2n) is 4.65. The molecule has 1 aromatic carbocycles. The number of imidazole rings is 1. The maximum absolute atomic E-state index is 6.08. The third-order valence-corrected chi connectivity index (χ3v) is 3.35. The van der Waals surface area contributed by atoms with E-state index in [0.29, 0.717) is 6.79 Å². The Hall–Kier alpha value is -2.01. The molecular weight excluding hydrogens is 242 g/mol.